The summed E-state index contributed by atoms with van der Waals surface area (Å²) in [6.45, 7) is 0.166. The average Bonchev–Trinajstić information content (AvgIpc) is 3.26. The number of benzene rings is 3. The fraction of sp³-hybridized carbons (Fsp3) is 0.0909. The lowest BCUT2D eigenvalue weighted by Gasteiger charge is -2.08. The third-order valence-electron chi connectivity index (χ3n) is 4.46. The van der Waals surface area contributed by atoms with E-state index in [1.165, 1.54) is 36.0 Å². The Balaban J connectivity index is 1.32. The molecule has 0 bridgehead atoms. The number of non-ortho nitro benzene ring substituents is 1. The molecular formula is C22H17N3O6S. The number of nitrogens with one attached hydrogen (secondary N) is 2. The number of hydrogen-bond acceptors (Lipinski definition) is 7. The smallest absolute Gasteiger partial charge is 0.269 e. The Bertz CT molecular complexity index is 1180. The molecule has 9 nitrogen and oxygen atoms in total. The molecule has 162 valence electrons. The van der Waals surface area contributed by atoms with Gasteiger partial charge in [-0.3, -0.25) is 19.7 Å². The lowest BCUT2D eigenvalue weighted by molar-refractivity contribution is -0.384. The van der Waals surface area contributed by atoms with Crippen molar-refractivity contribution < 1.29 is 24.0 Å². The number of ether oxygens (including phenoxy) is 2. The van der Waals surface area contributed by atoms with E-state index in [9.17, 15) is 19.7 Å². The molecule has 10 heteroatoms. The van der Waals surface area contributed by atoms with Crippen molar-refractivity contribution in [3.63, 3.8) is 0 Å². The molecule has 0 radical (unpaired) electrons. The first-order chi connectivity index (χ1) is 15.5. The van der Waals surface area contributed by atoms with Crippen molar-refractivity contribution in [1.82, 2.24) is 0 Å². The number of rotatable bonds is 7. The molecule has 0 aromatic heterocycles. The van der Waals surface area contributed by atoms with Crippen LogP contribution in [0.2, 0.25) is 0 Å². The van der Waals surface area contributed by atoms with Crippen molar-refractivity contribution >= 4 is 40.6 Å². The summed E-state index contributed by atoms with van der Waals surface area (Å²) in [6.07, 6.45) is 0. The van der Waals surface area contributed by atoms with E-state index in [1.807, 2.05) is 6.07 Å². The Kier molecular flexibility index (Phi) is 6.22. The monoisotopic (exact) mass is 451 g/mol. The summed E-state index contributed by atoms with van der Waals surface area (Å²) >= 11 is 1.32. The summed E-state index contributed by atoms with van der Waals surface area (Å²) in [5.74, 6) is 0.836. The number of nitro groups is 1. The number of carbonyl (C=O) groups excluding carboxylic acids is 2. The zero-order chi connectivity index (χ0) is 22.5. The maximum absolute atomic E-state index is 12.4. The van der Waals surface area contributed by atoms with E-state index in [0.29, 0.717) is 28.4 Å². The summed E-state index contributed by atoms with van der Waals surface area (Å²) in [6, 6.07) is 17.6. The van der Waals surface area contributed by atoms with E-state index in [0.717, 1.165) is 4.90 Å². The molecule has 1 aliphatic heterocycles. The number of nitrogens with zero attached hydrogens (tertiary/aromatic N) is 1. The predicted octanol–water partition coefficient (Wildman–Crippen LogP) is 4.31. The molecule has 2 amide bonds. The first-order valence-electron chi connectivity index (χ1n) is 9.46. The number of hydrogen-bond donors (Lipinski definition) is 2. The van der Waals surface area contributed by atoms with Crippen LogP contribution in [0.3, 0.4) is 0 Å². The third-order valence-corrected chi connectivity index (χ3v) is 5.45. The molecule has 3 aromatic carbocycles. The van der Waals surface area contributed by atoms with E-state index in [-0.39, 0.29) is 30.0 Å². The molecule has 1 heterocycles. The van der Waals surface area contributed by atoms with Gasteiger partial charge in [-0.15, -0.1) is 11.8 Å². The highest BCUT2D eigenvalue weighted by atomic mass is 32.2. The van der Waals surface area contributed by atoms with E-state index in [4.69, 9.17) is 9.47 Å². The normalized spacial score (nSPS) is 11.6. The van der Waals surface area contributed by atoms with Crippen molar-refractivity contribution in [3.05, 3.63) is 82.4 Å². The lowest BCUT2D eigenvalue weighted by Crippen LogP contribution is -2.14. The van der Waals surface area contributed by atoms with E-state index < -0.39 is 4.92 Å². The zero-order valence-corrected chi connectivity index (χ0v) is 17.4. The van der Waals surface area contributed by atoms with Crippen LogP contribution in [-0.4, -0.2) is 29.3 Å². The van der Waals surface area contributed by atoms with Crippen LogP contribution in [0.25, 0.3) is 0 Å². The van der Waals surface area contributed by atoms with Gasteiger partial charge in [0.25, 0.3) is 11.6 Å². The molecule has 0 unspecified atom stereocenters. The second-order valence-corrected chi connectivity index (χ2v) is 7.74. The standard InChI is InChI=1S/C22H17N3O6S/c26-21(23-16-6-9-19-20(11-16)31-13-30-19)12-32-18-3-1-2-15(10-18)24-22(27)14-4-7-17(8-5-14)25(28)29/h1-11H,12-13H2,(H,23,26)(H,24,27). The predicted molar refractivity (Wildman–Crippen MR) is 119 cm³/mol. The summed E-state index contributed by atoms with van der Waals surface area (Å²) < 4.78 is 10.5. The molecule has 3 aromatic rings. The number of amides is 2. The quantitative estimate of drug-likeness (QED) is 0.312. The van der Waals surface area contributed by atoms with Crippen molar-refractivity contribution in [3.8, 4) is 11.5 Å². The molecule has 4 rings (SSSR count). The number of fused-ring (bicyclic) bond motifs is 1. The Morgan fingerprint density at radius 1 is 0.938 bits per heavy atom. The lowest BCUT2D eigenvalue weighted by atomic mass is 10.2. The molecule has 0 saturated heterocycles. The van der Waals surface area contributed by atoms with Gasteiger partial charge in [-0.2, -0.15) is 0 Å². The highest BCUT2D eigenvalue weighted by Gasteiger charge is 2.14. The topological polar surface area (TPSA) is 120 Å². The third kappa shape index (κ3) is 5.16. The van der Waals surface area contributed by atoms with Crippen LogP contribution >= 0.6 is 11.8 Å². The SMILES string of the molecule is O=C(CSc1cccc(NC(=O)c2ccc([N+](=O)[O-])cc2)c1)Nc1ccc2c(c1)OCO2. The second kappa shape index (κ2) is 9.40. The number of nitro benzene ring substituents is 1. The minimum atomic E-state index is -0.523. The van der Waals surface area contributed by atoms with Gasteiger partial charge in [0.15, 0.2) is 11.5 Å². The van der Waals surface area contributed by atoms with Crippen LogP contribution in [0.5, 0.6) is 11.5 Å². The van der Waals surface area contributed by atoms with Gasteiger partial charge in [0.05, 0.1) is 10.7 Å². The molecule has 0 fully saturated rings. The highest BCUT2D eigenvalue weighted by Crippen LogP contribution is 2.34. The summed E-state index contributed by atoms with van der Waals surface area (Å²) in [5, 5.41) is 16.3. The molecule has 0 aliphatic carbocycles. The van der Waals surface area contributed by atoms with Gasteiger partial charge < -0.3 is 20.1 Å². The van der Waals surface area contributed by atoms with Gasteiger partial charge >= 0.3 is 0 Å². The van der Waals surface area contributed by atoms with Gasteiger partial charge in [-0.1, -0.05) is 6.07 Å². The fourth-order valence-corrected chi connectivity index (χ4v) is 3.68. The molecule has 32 heavy (non-hydrogen) atoms. The molecule has 1 aliphatic rings. The molecule has 2 N–H and O–H groups in total. The van der Waals surface area contributed by atoms with Crippen molar-refractivity contribution in [2.75, 3.05) is 23.2 Å². The van der Waals surface area contributed by atoms with E-state index >= 15 is 0 Å². The summed E-state index contributed by atoms with van der Waals surface area (Å²) in [7, 11) is 0. The van der Waals surface area contributed by atoms with Crippen molar-refractivity contribution in [2.45, 2.75) is 4.90 Å². The first-order valence-corrected chi connectivity index (χ1v) is 10.4. The molecule has 0 spiro atoms. The molecule has 0 saturated carbocycles. The van der Waals surface area contributed by atoms with Gasteiger partial charge in [0.1, 0.15) is 0 Å². The second-order valence-electron chi connectivity index (χ2n) is 6.69. The number of thioether (sulfide) groups is 1. The van der Waals surface area contributed by atoms with Crippen LogP contribution in [0.15, 0.2) is 71.6 Å². The van der Waals surface area contributed by atoms with E-state index in [1.54, 1.807) is 36.4 Å². The maximum Gasteiger partial charge on any atom is 0.269 e. The first kappa shape index (κ1) is 21.2. The average molecular weight is 451 g/mol. The number of carbonyl (C=O) groups is 2. The van der Waals surface area contributed by atoms with Crippen LogP contribution in [-0.2, 0) is 4.79 Å². The fourth-order valence-electron chi connectivity index (χ4n) is 2.92. The maximum atomic E-state index is 12.4. The summed E-state index contributed by atoms with van der Waals surface area (Å²) in [5.41, 5.74) is 1.38. The van der Waals surface area contributed by atoms with Gasteiger partial charge in [-0.05, 0) is 42.5 Å². The molecule has 0 atom stereocenters. The van der Waals surface area contributed by atoms with Crippen LogP contribution in [0.4, 0.5) is 17.1 Å². The van der Waals surface area contributed by atoms with Crippen LogP contribution < -0.4 is 20.1 Å². The van der Waals surface area contributed by atoms with Crippen LogP contribution in [0.1, 0.15) is 10.4 Å². The Morgan fingerprint density at radius 3 is 2.47 bits per heavy atom. The van der Waals surface area contributed by atoms with Crippen molar-refractivity contribution in [1.29, 1.82) is 0 Å². The largest absolute Gasteiger partial charge is 0.454 e. The summed E-state index contributed by atoms with van der Waals surface area (Å²) in [4.78, 5) is 35.7. The van der Waals surface area contributed by atoms with E-state index in [2.05, 4.69) is 10.6 Å². The number of anilines is 2. The van der Waals surface area contributed by atoms with Gasteiger partial charge in [0.2, 0.25) is 12.7 Å². The Hall–Kier alpha value is -4.05. The minimum Gasteiger partial charge on any atom is -0.454 e. The zero-order valence-electron chi connectivity index (χ0n) is 16.6. The van der Waals surface area contributed by atoms with Gasteiger partial charge in [-0.25, -0.2) is 0 Å². The van der Waals surface area contributed by atoms with Crippen LogP contribution in [0, 0.1) is 10.1 Å². The minimum absolute atomic E-state index is 0.0843. The highest BCUT2D eigenvalue weighted by molar-refractivity contribution is 8.00. The van der Waals surface area contributed by atoms with Crippen molar-refractivity contribution in [2.24, 2.45) is 0 Å². The molecular weight excluding hydrogens is 434 g/mol. The Labute approximate surface area is 186 Å². The van der Waals surface area contributed by atoms with Gasteiger partial charge in [0, 0.05) is 40.0 Å². The Morgan fingerprint density at radius 2 is 1.69 bits per heavy atom.